The smallest absolute Gasteiger partial charge is 0.0636 e. The predicted molar refractivity (Wildman–Crippen MR) is 52.6 cm³/mol. The van der Waals surface area contributed by atoms with Crippen molar-refractivity contribution in [1.82, 2.24) is 10.2 Å². The summed E-state index contributed by atoms with van der Waals surface area (Å²) in [5, 5.41) is 12.6. The summed E-state index contributed by atoms with van der Waals surface area (Å²) in [6, 6.07) is 0.636. The van der Waals surface area contributed by atoms with Crippen molar-refractivity contribution in [3.8, 4) is 0 Å². The van der Waals surface area contributed by atoms with Gasteiger partial charge < -0.3 is 15.3 Å². The molecule has 2 atom stereocenters. The van der Waals surface area contributed by atoms with Crippen molar-refractivity contribution >= 4 is 0 Å². The zero-order valence-corrected chi connectivity index (χ0v) is 8.37. The van der Waals surface area contributed by atoms with Gasteiger partial charge >= 0.3 is 0 Å². The number of hydrogen-bond donors (Lipinski definition) is 2. The molecule has 3 rings (SSSR count). The van der Waals surface area contributed by atoms with E-state index in [1.54, 1.807) is 0 Å². The van der Waals surface area contributed by atoms with Gasteiger partial charge in [-0.05, 0) is 38.8 Å². The highest BCUT2D eigenvalue weighted by Gasteiger charge is 2.33. The largest absolute Gasteiger partial charge is 0.392 e. The molecule has 1 unspecified atom stereocenters. The molecule has 0 spiro atoms. The molecule has 0 aliphatic carbocycles. The highest BCUT2D eigenvalue weighted by Crippen LogP contribution is 2.27. The third-order valence-electron chi connectivity index (χ3n) is 3.33. The Labute approximate surface area is 80.1 Å². The average Bonchev–Trinajstić information content (AvgIpc) is 2.17. The molecule has 0 aromatic heterocycles. The van der Waals surface area contributed by atoms with Gasteiger partial charge in [-0.3, -0.25) is 0 Å². The van der Waals surface area contributed by atoms with E-state index in [2.05, 4.69) is 10.2 Å². The molecule has 3 heterocycles. The molecular formula is C10H20N2O. The zero-order chi connectivity index (χ0) is 9.26. The van der Waals surface area contributed by atoms with Crippen LogP contribution in [0.2, 0.25) is 0 Å². The maximum atomic E-state index is 9.18. The summed E-state index contributed by atoms with van der Waals surface area (Å²) in [6.45, 7) is 6.36. The van der Waals surface area contributed by atoms with E-state index in [1.807, 2.05) is 6.92 Å². The summed E-state index contributed by atoms with van der Waals surface area (Å²) in [4.78, 5) is 2.53. The first-order valence-corrected chi connectivity index (χ1v) is 5.39. The van der Waals surface area contributed by atoms with Crippen LogP contribution in [-0.4, -0.2) is 48.3 Å². The number of hydrogen-bond acceptors (Lipinski definition) is 3. The van der Waals surface area contributed by atoms with Crippen LogP contribution in [0.5, 0.6) is 0 Å². The maximum absolute atomic E-state index is 9.18. The van der Waals surface area contributed by atoms with Crippen LogP contribution in [-0.2, 0) is 0 Å². The van der Waals surface area contributed by atoms with Crippen molar-refractivity contribution in [2.75, 3.05) is 26.2 Å². The molecular weight excluding hydrogens is 164 g/mol. The predicted octanol–water partition coefficient (Wildman–Crippen LogP) is 0.0510. The standard InChI is InChI=1S/C10H20N2O/c1-8(13)6-11-10-7-12-4-2-9(10)3-5-12/h8-11,13H,2-7H2,1H3/t8-,10?/m0/s1. The Morgan fingerprint density at radius 1 is 1.46 bits per heavy atom. The molecule has 3 heteroatoms. The SMILES string of the molecule is C[C@H](O)CNC1CN2CCC1CC2. The molecule has 3 nitrogen and oxygen atoms in total. The first-order valence-electron chi connectivity index (χ1n) is 5.39. The minimum Gasteiger partial charge on any atom is -0.392 e. The Morgan fingerprint density at radius 3 is 2.62 bits per heavy atom. The summed E-state index contributed by atoms with van der Waals surface area (Å²) in [6.07, 6.45) is 2.48. The third-order valence-corrected chi connectivity index (χ3v) is 3.33. The second kappa shape index (κ2) is 3.95. The fourth-order valence-electron chi connectivity index (χ4n) is 2.52. The van der Waals surface area contributed by atoms with Crippen LogP contribution in [0.15, 0.2) is 0 Å². The lowest BCUT2D eigenvalue weighted by molar-refractivity contribution is 0.0653. The van der Waals surface area contributed by atoms with E-state index >= 15 is 0 Å². The molecule has 13 heavy (non-hydrogen) atoms. The van der Waals surface area contributed by atoms with Crippen molar-refractivity contribution in [3.05, 3.63) is 0 Å². The third kappa shape index (κ3) is 2.22. The Morgan fingerprint density at radius 2 is 2.15 bits per heavy atom. The van der Waals surface area contributed by atoms with Gasteiger partial charge in [0.05, 0.1) is 6.10 Å². The maximum Gasteiger partial charge on any atom is 0.0636 e. The van der Waals surface area contributed by atoms with Gasteiger partial charge in [-0.1, -0.05) is 0 Å². The van der Waals surface area contributed by atoms with Gasteiger partial charge in [0, 0.05) is 19.1 Å². The van der Waals surface area contributed by atoms with Crippen molar-refractivity contribution in [2.24, 2.45) is 5.92 Å². The molecule has 3 fully saturated rings. The van der Waals surface area contributed by atoms with Gasteiger partial charge in [-0.25, -0.2) is 0 Å². The molecule has 2 N–H and O–H groups in total. The fourth-order valence-corrected chi connectivity index (χ4v) is 2.52. The highest BCUT2D eigenvalue weighted by atomic mass is 16.3. The highest BCUT2D eigenvalue weighted by molar-refractivity contribution is 4.90. The number of aliphatic hydroxyl groups excluding tert-OH is 1. The van der Waals surface area contributed by atoms with Crippen LogP contribution in [0.3, 0.4) is 0 Å². The fraction of sp³-hybridized carbons (Fsp3) is 1.00. The number of nitrogens with one attached hydrogen (secondary N) is 1. The van der Waals surface area contributed by atoms with E-state index in [1.165, 1.54) is 32.5 Å². The molecule has 3 aliphatic heterocycles. The second-order valence-electron chi connectivity index (χ2n) is 4.50. The van der Waals surface area contributed by atoms with E-state index in [4.69, 9.17) is 0 Å². The van der Waals surface area contributed by atoms with Gasteiger partial charge in [0.25, 0.3) is 0 Å². The second-order valence-corrected chi connectivity index (χ2v) is 4.50. The summed E-state index contributed by atoms with van der Waals surface area (Å²) in [7, 11) is 0. The van der Waals surface area contributed by atoms with Crippen LogP contribution in [0.25, 0.3) is 0 Å². The Balaban J connectivity index is 1.80. The molecule has 0 aromatic rings. The van der Waals surface area contributed by atoms with Crippen LogP contribution in [0.1, 0.15) is 19.8 Å². The van der Waals surface area contributed by atoms with E-state index in [0.717, 1.165) is 12.5 Å². The lowest BCUT2D eigenvalue weighted by Crippen LogP contribution is -2.56. The van der Waals surface area contributed by atoms with E-state index in [-0.39, 0.29) is 6.10 Å². The quantitative estimate of drug-likeness (QED) is 0.650. The molecule has 3 saturated heterocycles. The topological polar surface area (TPSA) is 35.5 Å². The number of fused-ring (bicyclic) bond motifs is 3. The van der Waals surface area contributed by atoms with Gasteiger partial charge in [-0.2, -0.15) is 0 Å². The summed E-state index contributed by atoms with van der Waals surface area (Å²) in [5.41, 5.74) is 0. The van der Waals surface area contributed by atoms with Gasteiger partial charge in [-0.15, -0.1) is 0 Å². The normalized spacial score (nSPS) is 40.6. The minimum absolute atomic E-state index is 0.213. The minimum atomic E-state index is -0.213. The van der Waals surface area contributed by atoms with E-state index in [9.17, 15) is 5.11 Å². The molecule has 76 valence electrons. The summed E-state index contributed by atoms with van der Waals surface area (Å²) < 4.78 is 0. The van der Waals surface area contributed by atoms with Gasteiger partial charge in [0.1, 0.15) is 0 Å². The zero-order valence-electron chi connectivity index (χ0n) is 8.37. The molecule has 0 aromatic carbocycles. The Hall–Kier alpha value is -0.120. The number of nitrogens with zero attached hydrogens (tertiary/aromatic N) is 1. The van der Waals surface area contributed by atoms with Crippen molar-refractivity contribution in [3.63, 3.8) is 0 Å². The van der Waals surface area contributed by atoms with Gasteiger partial charge in [0.15, 0.2) is 0 Å². The van der Waals surface area contributed by atoms with Crippen molar-refractivity contribution < 1.29 is 5.11 Å². The number of aliphatic hydroxyl groups is 1. The summed E-state index contributed by atoms with van der Waals surface area (Å²) in [5.74, 6) is 0.865. The number of piperidine rings is 3. The van der Waals surface area contributed by atoms with Crippen LogP contribution in [0, 0.1) is 5.92 Å². The lowest BCUT2D eigenvalue weighted by atomic mass is 9.84. The molecule has 2 bridgehead atoms. The van der Waals surface area contributed by atoms with Crippen molar-refractivity contribution in [1.29, 1.82) is 0 Å². The molecule has 0 amide bonds. The van der Waals surface area contributed by atoms with Crippen LogP contribution < -0.4 is 5.32 Å². The van der Waals surface area contributed by atoms with E-state index in [0.29, 0.717) is 6.04 Å². The molecule has 3 aliphatic rings. The van der Waals surface area contributed by atoms with E-state index < -0.39 is 0 Å². The summed E-state index contributed by atoms with van der Waals surface area (Å²) >= 11 is 0. The first-order chi connectivity index (χ1) is 6.25. The average molecular weight is 184 g/mol. The Kier molecular flexibility index (Phi) is 2.86. The molecule has 0 radical (unpaired) electrons. The lowest BCUT2D eigenvalue weighted by Gasteiger charge is -2.45. The van der Waals surface area contributed by atoms with Gasteiger partial charge in [0.2, 0.25) is 0 Å². The van der Waals surface area contributed by atoms with Crippen LogP contribution in [0.4, 0.5) is 0 Å². The number of rotatable bonds is 3. The Bertz CT molecular complexity index is 164. The first kappa shape index (κ1) is 9.44. The monoisotopic (exact) mass is 184 g/mol. The van der Waals surface area contributed by atoms with Crippen LogP contribution >= 0.6 is 0 Å². The molecule has 0 saturated carbocycles. The van der Waals surface area contributed by atoms with Crippen molar-refractivity contribution in [2.45, 2.75) is 31.9 Å².